The monoisotopic (exact) mass is 272 g/mol. The number of benzene rings is 2. The number of thioether (sulfide) groups is 1. The highest BCUT2D eigenvalue weighted by Gasteiger charge is 2.09. The molecule has 0 spiro atoms. The molecule has 0 bridgehead atoms. The van der Waals surface area contributed by atoms with Crippen LogP contribution >= 0.6 is 11.8 Å². The van der Waals surface area contributed by atoms with Crippen LogP contribution < -0.4 is 0 Å². The van der Waals surface area contributed by atoms with Crippen LogP contribution in [0.1, 0.15) is 29.7 Å². The summed E-state index contributed by atoms with van der Waals surface area (Å²) in [5, 5.41) is 10.3. The molecule has 0 fully saturated rings. The normalized spacial score (nSPS) is 12.4. The van der Waals surface area contributed by atoms with E-state index >= 15 is 0 Å². The average Bonchev–Trinajstić information content (AvgIpc) is 2.46. The molecular formula is C17H20OS. The quantitative estimate of drug-likeness (QED) is 0.815. The van der Waals surface area contributed by atoms with Gasteiger partial charge in [-0.2, -0.15) is 0 Å². The Hall–Kier alpha value is -1.25. The van der Waals surface area contributed by atoms with E-state index in [1.54, 1.807) is 11.8 Å². The van der Waals surface area contributed by atoms with Crippen molar-refractivity contribution >= 4 is 11.8 Å². The summed E-state index contributed by atoms with van der Waals surface area (Å²) in [6.45, 7) is 4.24. The van der Waals surface area contributed by atoms with Gasteiger partial charge in [0.15, 0.2) is 0 Å². The lowest BCUT2D eigenvalue weighted by Gasteiger charge is -2.12. The molecule has 0 aliphatic carbocycles. The molecule has 0 aliphatic rings. The highest BCUT2D eigenvalue weighted by Crippen LogP contribution is 2.27. The molecule has 0 radical (unpaired) electrons. The van der Waals surface area contributed by atoms with Crippen LogP contribution in [0.5, 0.6) is 0 Å². The fraction of sp³-hybridized carbons (Fsp3) is 0.294. The average molecular weight is 272 g/mol. The van der Waals surface area contributed by atoms with Crippen LogP contribution in [0.3, 0.4) is 0 Å². The Labute approximate surface area is 119 Å². The Kier molecular flexibility index (Phi) is 5.06. The topological polar surface area (TPSA) is 20.2 Å². The zero-order chi connectivity index (χ0) is 13.7. The van der Waals surface area contributed by atoms with Crippen molar-refractivity contribution in [3.05, 3.63) is 65.2 Å². The lowest BCUT2D eigenvalue weighted by Crippen LogP contribution is -2.01. The zero-order valence-electron chi connectivity index (χ0n) is 11.5. The van der Waals surface area contributed by atoms with Gasteiger partial charge in [0.1, 0.15) is 0 Å². The first-order valence-electron chi connectivity index (χ1n) is 6.66. The lowest BCUT2D eigenvalue weighted by atomic mass is 10.1. The van der Waals surface area contributed by atoms with Gasteiger partial charge in [-0.05, 0) is 36.1 Å². The van der Waals surface area contributed by atoms with Gasteiger partial charge in [-0.15, -0.1) is 11.8 Å². The predicted octanol–water partition coefficient (Wildman–Crippen LogP) is 4.38. The molecule has 0 aliphatic heterocycles. The fourth-order valence-corrected chi connectivity index (χ4v) is 3.00. The van der Waals surface area contributed by atoms with Crippen molar-refractivity contribution in [2.75, 3.05) is 5.75 Å². The fourth-order valence-electron chi connectivity index (χ4n) is 2.00. The highest BCUT2D eigenvalue weighted by atomic mass is 32.2. The first kappa shape index (κ1) is 14.2. The number of aryl methyl sites for hydroxylation is 2. The van der Waals surface area contributed by atoms with Crippen molar-refractivity contribution in [3.63, 3.8) is 0 Å². The Morgan fingerprint density at radius 2 is 1.89 bits per heavy atom. The summed E-state index contributed by atoms with van der Waals surface area (Å²) in [5.41, 5.74) is 3.56. The molecule has 1 atom stereocenters. The van der Waals surface area contributed by atoms with Gasteiger partial charge in [-0.3, -0.25) is 0 Å². The van der Waals surface area contributed by atoms with Crippen LogP contribution in [-0.2, 0) is 6.42 Å². The second kappa shape index (κ2) is 6.78. The first-order chi connectivity index (χ1) is 9.20. The maximum Gasteiger partial charge on any atom is 0.0884 e. The van der Waals surface area contributed by atoms with Gasteiger partial charge >= 0.3 is 0 Å². The Morgan fingerprint density at radius 1 is 1.11 bits per heavy atom. The van der Waals surface area contributed by atoms with Crippen LogP contribution in [0.4, 0.5) is 0 Å². The van der Waals surface area contributed by atoms with E-state index < -0.39 is 6.10 Å². The number of hydrogen-bond acceptors (Lipinski definition) is 2. The lowest BCUT2D eigenvalue weighted by molar-refractivity contribution is 0.204. The number of aliphatic hydroxyl groups excluding tert-OH is 1. The van der Waals surface area contributed by atoms with Crippen LogP contribution in [0.15, 0.2) is 53.4 Å². The van der Waals surface area contributed by atoms with Gasteiger partial charge in [0.2, 0.25) is 0 Å². The van der Waals surface area contributed by atoms with E-state index in [2.05, 4.69) is 38.1 Å². The third kappa shape index (κ3) is 3.85. The molecule has 1 unspecified atom stereocenters. The van der Waals surface area contributed by atoms with E-state index in [1.807, 2.05) is 24.3 Å². The molecule has 0 saturated carbocycles. The maximum atomic E-state index is 10.3. The minimum Gasteiger partial charge on any atom is -0.388 e. The Bertz CT molecular complexity index is 536. The Morgan fingerprint density at radius 3 is 2.63 bits per heavy atom. The largest absolute Gasteiger partial charge is 0.388 e. The van der Waals surface area contributed by atoms with Gasteiger partial charge in [0.05, 0.1) is 6.10 Å². The van der Waals surface area contributed by atoms with Crippen LogP contribution in [0, 0.1) is 6.92 Å². The third-order valence-electron chi connectivity index (χ3n) is 3.23. The number of aliphatic hydroxyl groups is 1. The maximum absolute atomic E-state index is 10.3. The third-order valence-corrected chi connectivity index (χ3v) is 4.49. The molecule has 2 aromatic rings. The van der Waals surface area contributed by atoms with Crippen molar-refractivity contribution in [2.45, 2.75) is 31.3 Å². The molecular weight excluding hydrogens is 252 g/mol. The van der Waals surface area contributed by atoms with Crippen molar-refractivity contribution in [1.82, 2.24) is 0 Å². The van der Waals surface area contributed by atoms with E-state index in [-0.39, 0.29) is 0 Å². The van der Waals surface area contributed by atoms with Gasteiger partial charge in [0.25, 0.3) is 0 Å². The van der Waals surface area contributed by atoms with E-state index in [4.69, 9.17) is 0 Å². The van der Waals surface area contributed by atoms with Crippen molar-refractivity contribution in [2.24, 2.45) is 0 Å². The van der Waals surface area contributed by atoms with Crippen LogP contribution in [0.25, 0.3) is 0 Å². The molecule has 100 valence electrons. The predicted molar refractivity (Wildman–Crippen MR) is 82.7 cm³/mol. The minimum atomic E-state index is -0.406. The molecule has 0 heterocycles. The van der Waals surface area contributed by atoms with Gasteiger partial charge in [-0.25, -0.2) is 0 Å². The van der Waals surface area contributed by atoms with E-state index in [9.17, 15) is 5.11 Å². The van der Waals surface area contributed by atoms with Crippen LogP contribution in [-0.4, -0.2) is 10.9 Å². The molecule has 0 amide bonds. The van der Waals surface area contributed by atoms with Crippen molar-refractivity contribution in [1.29, 1.82) is 0 Å². The van der Waals surface area contributed by atoms with Gasteiger partial charge in [-0.1, -0.05) is 49.4 Å². The van der Waals surface area contributed by atoms with E-state index in [0.29, 0.717) is 5.75 Å². The molecule has 1 N–H and O–H groups in total. The first-order valence-corrected chi connectivity index (χ1v) is 7.64. The summed E-state index contributed by atoms with van der Waals surface area (Å²) in [6, 6.07) is 16.5. The van der Waals surface area contributed by atoms with Crippen LogP contribution in [0.2, 0.25) is 0 Å². The molecule has 0 aromatic heterocycles. The summed E-state index contributed by atoms with van der Waals surface area (Å²) < 4.78 is 0. The number of rotatable bonds is 5. The highest BCUT2D eigenvalue weighted by molar-refractivity contribution is 7.99. The summed E-state index contributed by atoms with van der Waals surface area (Å²) in [4.78, 5) is 1.24. The summed E-state index contributed by atoms with van der Waals surface area (Å²) in [7, 11) is 0. The SMILES string of the molecule is CCc1cccc(C(O)CSc2ccccc2C)c1. The summed E-state index contributed by atoms with van der Waals surface area (Å²) >= 11 is 1.71. The molecule has 2 heteroatoms. The summed E-state index contributed by atoms with van der Waals surface area (Å²) in [5.74, 6) is 0.692. The molecule has 19 heavy (non-hydrogen) atoms. The summed E-state index contributed by atoms with van der Waals surface area (Å²) in [6.07, 6.45) is 0.599. The van der Waals surface area contributed by atoms with E-state index in [1.165, 1.54) is 16.0 Å². The zero-order valence-corrected chi connectivity index (χ0v) is 12.3. The minimum absolute atomic E-state index is 0.406. The molecule has 1 nitrogen and oxygen atoms in total. The molecule has 0 saturated heterocycles. The molecule has 2 rings (SSSR count). The standard InChI is InChI=1S/C17H20OS/c1-3-14-8-6-9-15(11-14)16(18)12-19-17-10-5-4-7-13(17)2/h4-11,16,18H,3,12H2,1-2H3. The van der Waals surface area contributed by atoms with E-state index in [0.717, 1.165) is 12.0 Å². The van der Waals surface area contributed by atoms with Gasteiger partial charge in [0, 0.05) is 10.6 Å². The van der Waals surface area contributed by atoms with Crippen molar-refractivity contribution < 1.29 is 5.11 Å². The molecule has 2 aromatic carbocycles. The number of hydrogen-bond donors (Lipinski definition) is 1. The smallest absolute Gasteiger partial charge is 0.0884 e. The Balaban J connectivity index is 2.01. The second-order valence-corrected chi connectivity index (χ2v) is 5.75. The second-order valence-electron chi connectivity index (χ2n) is 4.69. The van der Waals surface area contributed by atoms with Crippen molar-refractivity contribution in [3.8, 4) is 0 Å². The van der Waals surface area contributed by atoms with Gasteiger partial charge < -0.3 is 5.11 Å².